The second-order valence-corrected chi connectivity index (χ2v) is 3.84. The topological polar surface area (TPSA) is 35.2 Å². The second kappa shape index (κ2) is 4.22. The van der Waals surface area contributed by atoms with Crippen molar-refractivity contribution in [3.8, 4) is 0 Å². The highest BCUT2D eigenvalue weighted by Gasteiger charge is 2.20. The van der Waals surface area contributed by atoms with Crippen LogP contribution in [-0.2, 0) is 4.74 Å². The molecule has 0 aliphatic carbocycles. The number of hydrogen-bond acceptors (Lipinski definition) is 2. The zero-order valence-electron chi connectivity index (χ0n) is 8.97. The molecular formula is C12H13F2NO. The molecule has 0 radical (unpaired) electrons. The van der Waals surface area contributed by atoms with Crippen molar-refractivity contribution in [2.75, 3.05) is 6.61 Å². The van der Waals surface area contributed by atoms with E-state index in [1.165, 1.54) is 6.07 Å². The molecule has 2 N–H and O–H groups in total. The van der Waals surface area contributed by atoms with E-state index in [4.69, 9.17) is 10.5 Å². The summed E-state index contributed by atoms with van der Waals surface area (Å²) in [5, 5.41) is 0. The second-order valence-electron chi connectivity index (χ2n) is 3.84. The first-order valence-corrected chi connectivity index (χ1v) is 5.13. The standard InChI is InChI=1S/C12H13F2NO/c1-7-5-8(10(14)6-9(7)13)12(15)11-3-2-4-16-11/h3,5-6,12H,2,4,15H2,1H3. The van der Waals surface area contributed by atoms with Gasteiger partial charge in [0.1, 0.15) is 17.4 Å². The first-order valence-electron chi connectivity index (χ1n) is 5.13. The zero-order valence-corrected chi connectivity index (χ0v) is 8.97. The lowest BCUT2D eigenvalue weighted by Gasteiger charge is -2.15. The van der Waals surface area contributed by atoms with Crippen molar-refractivity contribution in [1.82, 2.24) is 0 Å². The lowest BCUT2D eigenvalue weighted by molar-refractivity contribution is 0.224. The highest BCUT2D eigenvalue weighted by atomic mass is 19.1. The fourth-order valence-electron chi connectivity index (χ4n) is 1.72. The minimum atomic E-state index is -0.651. The third-order valence-corrected chi connectivity index (χ3v) is 2.65. The van der Waals surface area contributed by atoms with Gasteiger partial charge in [-0.1, -0.05) is 0 Å². The maximum atomic E-state index is 13.5. The number of benzene rings is 1. The van der Waals surface area contributed by atoms with Crippen molar-refractivity contribution >= 4 is 0 Å². The van der Waals surface area contributed by atoms with Crippen LogP contribution < -0.4 is 5.73 Å². The van der Waals surface area contributed by atoms with Gasteiger partial charge in [-0.3, -0.25) is 0 Å². The quantitative estimate of drug-likeness (QED) is 0.839. The lowest BCUT2D eigenvalue weighted by atomic mass is 10.0. The maximum Gasteiger partial charge on any atom is 0.131 e. The number of ether oxygens (including phenoxy) is 1. The van der Waals surface area contributed by atoms with E-state index in [-0.39, 0.29) is 5.56 Å². The number of halogens is 2. The van der Waals surface area contributed by atoms with Gasteiger partial charge in [0.2, 0.25) is 0 Å². The van der Waals surface area contributed by atoms with Crippen molar-refractivity contribution in [1.29, 1.82) is 0 Å². The van der Waals surface area contributed by atoms with Gasteiger partial charge in [-0.25, -0.2) is 8.78 Å². The monoisotopic (exact) mass is 225 g/mol. The van der Waals surface area contributed by atoms with E-state index in [2.05, 4.69) is 0 Å². The van der Waals surface area contributed by atoms with E-state index >= 15 is 0 Å². The Labute approximate surface area is 92.7 Å². The number of nitrogens with two attached hydrogens (primary N) is 1. The smallest absolute Gasteiger partial charge is 0.131 e. The molecule has 4 heteroatoms. The normalized spacial score (nSPS) is 16.9. The molecule has 0 saturated heterocycles. The molecule has 1 aromatic rings. The van der Waals surface area contributed by atoms with Gasteiger partial charge in [-0.15, -0.1) is 0 Å². The summed E-state index contributed by atoms with van der Waals surface area (Å²) >= 11 is 0. The average Bonchev–Trinajstić information content (AvgIpc) is 2.75. The molecule has 2 nitrogen and oxygen atoms in total. The van der Waals surface area contributed by atoms with Crippen molar-refractivity contribution < 1.29 is 13.5 Å². The van der Waals surface area contributed by atoms with Crippen LogP contribution in [0.4, 0.5) is 8.78 Å². The molecule has 1 atom stereocenters. The van der Waals surface area contributed by atoms with Crippen LogP contribution in [0.3, 0.4) is 0 Å². The fraction of sp³-hybridized carbons (Fsp3) is 0.333. The van der Waals surface area contributed by atoms with Gasteiger partial charge in [0.15, 0.2) is 0 Å². The van der Waals surface area contributed by atoms with Gasteiger partial charge in [0.05, 0.1) is 12.6 Å². The molecule has 0 saturated carbocycles. The molecule has 1 aromatic carbocycles. The molecule has 0 spiro atoms. The Morgan fingerprint density at radius 3 is 2.69 bits per heavy atom. The summed E-state index contributed by atoms with van der Waals surface area (Å²) in [5.74, 6) is -0.633. The highest BCUT2D eigenvalue weighted by Crippen LogP contribution is 2.27. The van der Waals surface area contributed by atoms with Crippen LogP contribution >= 0.6 is 0 Å². The van der Waals surface area contributed by atoms with Crippen molar-refractivity contribution in [2.45, 2.75) is 19.4 Å². The Kier molecular flexibility index (Phi) is 2.92. The van der Waals surface area contributed by atoms with Crippen molar-refractivity contribution in [3.05, 3.63) is 46.7 Å². The van der Waals surface area contributed by atoms with Crippen LogP contribution in [0.5, 0.6) is 0 Å². The molecule has 86 valence electrons. The molecule has 1 heterocycles. The molecule has 0 amide bonds. The summed E-state index contributed by atoms with van der Waals surface area (Å²) in [7, 11) is 0. The molecule has 1 aliphatic heterocycles. The first kappa shape index (κ1) is 11.1. The maximum absolute atomic E-state index is 13.5. The van der Waals surface area contributed by atoms with E-state index < -0.39 is 17.7 Å². The van der Waals surface area contributed by atoms with E-state index in [9.17, 15) is 8.78 Å². The van der Waals surface area contributed by atoms with Crippen LogP contribution in [0.2, 0.25) is 0 Å². The number of hydrogen-bond donors (Lipinski definition) is 1. The molecule has 0 aromatic heterocycles. The largest absolute Gasteiger partial charge is 0.496 e. The Hall–Kier alpha value is -1.42. The van der Waals surface area contributed by atoms with Crippen LogP contribution in [0, 0.1) is 18.6 Å². The zero-order chi connectivity index (χ0) is 11.7. The van der Waals surface area contributed by atoms with E-state index in [0.717, 1.165) is 12.5 Å². The summed E-state index contributed by atoms with van der Waals surface area (Å²) in [5.41, 5.74) is 6.51. The molecular weight excluding hydrogens is 212 g/mol. The van der Waals surface area contributed by atoms with Gasteiger partial charge in [0, 0.05) is 18.1 Å². The molecule has 16 heavy (non-hydrogen) atoms. The number of rotatable bonds is 2. The molecule has 1 unspecified atom stereocenters. The third-order valence-electron chi connectivity index (χ3n) is 2.65. The average molecular weight is 225 g/mol. The van der Waals surface area contributed by atoms with Crippen LogP contribution in [0.25, 0.3) is 0 Å². The first-order chi connectivity index (χ1) is 7.59. The summed E-state index contributed by atoms with van der Waals surface area (Å²) in [6, 6.07) is 1.64. The third kappa shape index (κ3) is 1.93. The van der Waals surface area contributed by atoms with E-state index in [0.29, 0.717) is 17.9 Å². The van der Waals surface area contributed by atoms with Crippen LogP contribution in [-0.4, -0.2) is 6.61 Å². The molecule has 1 aliphatic rings. The lowest BCUT2D eigenvalue weighted by Crippen LogP contribution is -2.16. The Bertz CT molecular complexity index is 443. The van der Waals surface area contributed by atoms with E-state index in [1.54, 1.807) is 6.92 Å². The van der Waals surface area contributed by atoms with Gasteiger partial charge in [0.25, 0.3) is 0 Å². The Balaban J connectivity index is 2.36. The molecule has 0 bridgehead atoms. The van der Waals surface area contributed by atoms with Crippen molar-refractivity contribution in [3.63, 3.8) is 0 Å². The fourth-order valence-corrected chi connectivity index (χ4v) is 1.72. The van der Waals surface area contributed by atoms with Gasteiger partial charge < -0.3 is 10.5 Å². The minimum absolute atomic E-state index is 0.270. The van der Waals surface area contributed by atoms with Crippen LogP contribution in [0.15, 0.2) is 24.0 Å². The predicted molar refractivity (Wildman–Crippen MR) is 56.7 cm³/mol. The van der Waals surface area contributed by atoms with Crippen molar-refractivity contribution in [2.24, 2.45) is 5.73 Å². The molecule has 0 fully saturated rings. The van der Waals surface area contributed by atoms with E-state index in [1.807, 2.05) is 6.08 Å². The SMILES string of the molecule is Cc1cc(C(N)C2=CCCO2)c(F)cc1F. The van der Waals surface area contributed by atoms with Crippen LogP contribution in [0.1, 0.15) is 23.6 Å². The highest BCUT2D eigenvalue weighted by molar-refractivity contribution is 5.32. The minimum Gasteiger partial charge on any atom is -0.496 e. The van der Waals surface area contributed by atoms with Gasteiger partial charge in [-0.2, -0.15) is 0 Å². The Morgan fingerprint density at radius 2 is 2.06 bits per heavy atom. The summed E-state index contributed by atoms with van der Waals surface area (Å²) in [6.07, 6.45) is 2.62. The predicted octanol–water partition coefficient (Wildman–Crippen LogP) is 2.58. The summed E-state index contributed by atoms with van der Waals surface area (Å²) in [6.45, 7) is 2.15. The molecule has 2 rings (SSSR count). The summed E-state index contributed by atoms with van der Waals surface area (Å²) in [4.78, 5) is 0. The Morgan fingerprint density at radius 1 is 1.31 bits per heavy atom. The number of aryl methyl sites for hydroxylation is 1. The van der Waals surface area contributed by atoms with Gasteiger partial charge in [-0.05, 0) is 24.6 Å². The summed E-state index contributed by atoms with van der Waals surface area (Å²) < 4.78 is 31.9. The van der Waals surface area contributed by atoms with Gasteiger partial charge >= 0.3 is 0 Å².